The molecule has 3 aromatic heterocycles. The molecule has 0 amide bonds. The summed E-state index contributed by atoms with van der Waals surface area (Å²) >= 11 is 0. The van der Waals surface area contributed by atoms with Gasteiger partial charge >= 0.3 is 0 Å². The Bertz CT molecular complexity index is 1050. The third kappa shape index (κ3) is 3.71. The van der Waals surface area contributed by atoms with Crippen LogP contribution < -0.4 is 5.32 Å². The van der Waals surface area contributed by atoms with Gasteiger partial charge in [0.1, 0.15) is 18.4 Å². The molecule has 4 aromatic rings. The largest absolute Gasteiger partial charge is 0.468 e. The van der Waals surface area contributed by atoms with Crippen LogP contribution in [-0.4, -0.2) is 49.8 Å². The van der Waals surface area contributed by atoms with Crippen LogP contribution in [0.25, 0.3) is 16.6 Å². The molecule has 0 radical (unpaired) electrons. The first-order valence-electron chi connectivity index (χ1n) is 10.2. The van der Waals surface area contributed by atoms with E-state index in [1.54, 1.807) is 18.9 Å². The zero-order valence-corrected chi connectivity index (χ0v) is 16.6. The molecule has 2 atom stereocenters. The molecule has 4 heterocycles. The fourth-order valence-corrected chi connectivity index (χ4v) is 4.37. The van der Waals surface area contributed by atoms with Crippen molar-refractivity contribution in [1.82, 2.24) is 30.0 Å². The number of furan rings is 1. The van der Waals surface area contributed by atoms with Crippen molar-refractivity contribution in [1.29, 1.82) is 0 Å². The van der Waals surface area contributed by atoms with Crippen molar-refractivity contribution in [3.8, 4) is 5.69 Å². The minimum Gasteiger partial charge on any atom is -0.468 e. The van der Waals surface area contributed by atoms with E-state index in [0.29, 0.717) is 12.1 Å². The Morgan fingerprint density at radius 2 is 2.14 bits per heavy atom. The fourth-order valence-electron chi connectivity index (χ4n) is 4.37. The Morgan fingerprint density at radius 3 is 2.97 bits per heavy atom. The summed E-state index contributed by atoms with van der Waals surface area (Å²) in [6.45, 7) is 5.31. The lowest BCUT2D eigenvalue weighted by molar-refractivity contribution is 0.250. The number of likely N-dealkylation sites (tertiary alicyclic amines) is 1. The second-order valence-electron chi connectivity index (χ2n) is 7.79. The predicted octanol–water partition coefficient (Wildman–Crippen LogP) is 3.14. The van der Waals surface area contributed by atoms with Gasteiger partial charge in [-0.1, -0.05) is 0 Å². The molecular formula is C22H26N6O. The van der Waals surface area contributed by atoms with Crippen LogP contribution in [0.15, 0.2) is 59.9 Å². The van der Waals surface area contributed by atoms with Gasteiger partial charge in [0.25, 0.3) is 0 Å². The predicted molar refractivity (Wildman–Crippen MR) is 112 cm³/mol. The number of aromatic nitrogens is 4. The lowest BCUT2D eigenvalue weighted by Crippen LogP contribution is -2.40. The smallest absolute Gasteiger partial charge is 0.123 e. The SMILES string of the molecule is CC1[C@@H](NCc2ccco2)CCN1CCc1c[nH]c2ccc(-n3cnnc3)cc12. The van der Waals surface area contributed by atoms with Gasteiger partial charge in [0.05, 0.1) is 12.8 Å². The summed E-state index contributed by atoms with van der Waals surface area (Å²) < 4.78 is 7.38. The quantitative estimate of drug-likeness (QED) is 0.507. The number of H-pyrrole nitrogens is 1. The van der Waals surface area contributed by atoms with Gasteiger partial charge in [0.15, 0.2) is 0 Å². The van der Waals surface area contributed by atoms with Crippen LogP contribution in [0.3, 0.4) is 0 Å². The van der Waals surface area contributed by atoms with Crippen LogP contribution in [0.5, 0.6) is 0 Å². The van der Waals surface area contributed by atoms with Crippen LogP contribution in [-0.2, 0) is 13.0 Å². The van der Waals surface area contributed by atoms with Crippen LogP contribution in [0.4, 0.5) is 0 Å². The van der Waals surface area contributed by atoms with E-state index in [2.05, 4.69) is 56.7 Å². The van der Waals surface area contributed by atoms with E-state index >= 15 is 0 Å². The first-order valence-corrected chi connectivity index (χ1v) is 10.2. The van der Waals surface area contributed by atoms with E-state index in [4.69, 9.17) is 4.42 Å². The molecule has 7 nitrogen and oxygen atoms in total. The van der Waals surface area contributed by atoms with Gasteiger partial charge in [-0.05, 0) is 55.7 Å². The molecule has 1 aliphatic heterocycles. The number of nitrogens with zero attached hydrogens (tertiary/aromatic N) is 4. The van der Waals surface area contributed by atoms with Crippen molar-refractivity contribution in [3.63, 3.8) is 0 Å². The standard InChI is InChI=1S/C22H26N6O/c1-16-21(24-13-19-3-2-10-29-19)7-9-27(16)8-6-17-12-23-22-5-4-18(11-20(17)22)28-14-25-26-15-28/h2-5,10-12,14-16,21,23-24H,6-9,13H2,1H3/t16?,21-/m0/s1. The average Bonchev–Trinajstić information content (AvgIpc) is 3.53. The lowest BCUT2D eigenvalue weighted by Gasteiger charge is -2.25. The molecule has 0 bridgehead atoms. The van der Waals surface area contributed by atoms with Gasteiger partial charge < -0.3 is 14.7 Å². The maximum absolute atomic E-state index is 5.44. The van der Waals surface area contributed by atoms with Gasteiger partial charge in [-0.25, -0.2) is 0 Å². The third-order valence-corrected chi connectivity index (χ3v) is 6.14. The molecule has 5 rings (SSSR count). The minimum atomic E-state index is 0.503. The molecule has 1 saturated heterocycles. The summed E-state index contributed by atoms with van der Waals surface area (Å²) in [7, 11) is 0. The summed E-state index contributed by atoms with van der Waals surface area (Å²) in [5.74, 6) is 0.998. The van der Waals surface area contributed by atoms with Gasteiger partial charge in [-0.15, -0.1) is 10.2 Å². The highest BCUT2D eigenvalue weighted by atomic mass is 16.3. The van der Waals surface area contributed by atoms with Gasteiger partial charge in [-0.3, -0.25) is 9.47 Å². The average molecular weight is 390 g/mol. The molecule has 2 N–H and O–H groups in total. The summed E-state index contributed by atoms with van der Waals surface area (Å²) in [6.07, 6.45) is 9.55. The highest BCUT2D eigenvalue weighted by Crippen LogP contribution is 2.24. The number of hydrogen-bond acceptors (Lipinski definition) is 5. The molecule has 7 heteroatoms. The van der Waals surface area contributed by atoms with Gasteiger partial charge in [0.2, 0.25) is 0 Å². The first-order chi connectivity index (χ1) is 14.3. The summed E-state index contributed by atoms with van der Waals surface area (Å²) in [4.78, 5) is 6.00. The Hall–Kier alpha value is -2.90. The summed E-state index contributed by atoms with van der Waals surface area (Å²) in [6, 6.07) is 11.4. The Balaban J connectivity index is 1.23. The van der Waals surface area contributed by atoms with Gasteiger partial charge in [0, 0.05) is 48.0 Å². The normalized spacial score (nSPS) is 20.0. The van der Waals surface area contributed by atoms with Crippen LogP contribution in [0.1, 0.15) is 24.7 Å². The van der Waals surface area contributed by atoms with Crippen molar-refractivity contribution in [2.24, 2.45) is 0 Å². The second kappa shape index (κ2) is 7.85. The molecule has 1 aromatic carbocycles. The molecular weight excluding hydrogens is 364 g/mol. The van der Waals surface area contributed by atoms with Crippen molar-refractivity contribution in [2.75, 3.05) is 13.1 Å². The van der Waals surface area contributed by atoms with Crippen molar-refractivity contribution >= 4 is 10.9 Å². The lowest BCUT2D eigenvalue weighted by atomic mass is 10.1. The van der Waals surface area contributed by atoms with Crippen molar-refractivity contribution in [2.45, 2.75) is 38.4 Å². The van der Waals surface area contributed by atoms with E-state index in [1.165, 1.54) is 22.9 Å². The Morgan fingerprint density at radius 1 is 1.24 bits per heavy atom. The Labute approximate surface area is 169 Å². The first kappa shape index (κ1) is 18.1. The number of benzene rings is 1. The number of hydrogen-bond donors (Lipinski definition) is 2. The van der Waals surface area contributed by atoms with Crippen LogP contribution in [0.2, 0.25) is 0 Å². The summed E-state index contributed by atoms with van der Waals surface area (Å²) in [5.41, 5.74) is 3.61. The number of nitrogens with one attached hydrogen (secondary N) is 2. The van der Waals surface area contributed by atoms with Gasteiger partial charge in [-0.2, -0.15) is 0 Å². The number of aromatic amines is 1. The zero-order valence-electron chi connectivity index (χ0n) is 16.6. The molecule has 29 heavy (non-hydrogen) atoms. The monoisotopic (exact) mass is 390 g/mol. The molecule has 150 valence electrons. The number of fused-ring (bicyclic) bond motifs is 1. The molecule has 1 fully saturated rings. The molecule has 0 saturated carbocycles. The van der Waals surface area contributed by atoms with Crippen molar-refractivity contribution in [3.05, 3.63) is 66.8 Å². The van der Waals surface area contributed by atoms with E-state index in [-0.39, 0.29) is 0 Å². The summed E-state index contributed by atoms with van der Waals surface area (Å²) in [5, 5.41) is 12.7. The Kier molecular flexibility index (Phi) is 4.91. The molecule has 1 aliphatic rings. The number of rotatable bonds is 7. The van der Waals surface area contributed by atoms with Crippen LogP contribution >= 0.6 is 0 Å². The van der Waals surface area contributed by atoms with Crippen molar-refractivity contribution < 1.29 is 4.42 Å². The molecule has 0 spiro atoms. The van der Waals surface area contributed by atoms with E-state index < -0.39 is 0 Å². The fraction of sp³-hybridized carbons (Fsp3) is 0.364. The highest BCUT2D eigenvalue weighted by molar-refractivity contribution is 5.85. The topological polar surface area (TPSA) is 74.9 Å². The van der Waals surface area contributed by atoms with E-state index in [1.807, 2.05) is 16.7 Å². The second-order valence-corrected chi connectivity index (χ2v) is 7.79. The highest BCUT2D eigenvalue weighted by Gasteiger charge is 2.30. The van der Waals surface area contributed by atoms with Crippen LogP contribution in [0, 0.1) is 0 Å². The maximum atomic E-state index is 5.44. The van der Waals surface area contributed by atoms with E-state index in [9.17, 15) is 0 Å². The minimum absolute atomic E-state index is 0.503. The third-order valence-electron chi connectivity index (χ3n) is 6.14. The molecule has 1 unspecified atom stereocenters. The molecule has 0 aliphatic carbocycles. The maximum Gasteiger partial charge on any atom is 0.123 e. The zero-order chi connectivity index (χ0) is 19.6. The van der Waals surface area contributed by atoms with E-state index in [0.717, 1.165) is 37.5 Å².